The molecule has 1 aliphatic rings. The molecule has 0 bridgehead atoms. The molecule has 6 heteroatoms. The number of thiol groups is 1. The van der Waals surface area contributed by atoms with Gasteiger partial charge in [0.1, 0.15) is 6.34 Å². The number of halogens is 1. The second-order valence-corrected chi connectivity index (χ2v) is 4.52. The van der Waals surface area contributed by atoms with Gasteiger partial charge < -0.3 is 0 Å². The van der Waals surface area contributed by atoms with Crippen molar-refractivity contribution in [1.82, 2.24) is 4.31 Å². The van der Waals surface area contributed by atoms with Crippen molar-refractivity contribution in [2.45, 2.75) is 12.6 Å². The lowest BCUT2D eigenvalue weighted by molar-refractivity contribution is -0.597. The third kappa shape index (κ3) is 2.74. The van der Waals surface area contributed by atoms with Gasteiger partial charge >= 0.3 is 6.17 Å². The Hall–Kier alpha value is -1.07. The highest BCUT2D eigenvalue weighted by Gasteiger charge is 2.28. The number of nitrogens with zero attached hydrogens (tertiary/aromatic N) is 3. The van der Waals surface area contributed by atoms with E-state index in [1.165, 1.54) is 4.31 Å². The minimum atomic E-state index is -0.371. The molecule has 2 rings (SSSR count). The Morgan fingerprint density at radius 1 is 1.50 bits per heavy atom. The highest BCUT2D eigenvalue weighted by molar-refractivity contribution is 7.78. The van der Waals surface area contributed by atoms with Gasteiger partial charge in [-0.2, -0.15) is 0 Å². The van der Waals surface area contributed by atoms with Crippen LogP contribution in [-0.4, -0.2) is 28.2 Å². The molecule has 0 aliphatic carbocycles. The summed E-state index contributed by atoms with van der Waals surface area (Å²) in [6.45, 7) is 0.227. The lowest BCUT2D eigenvalue weighted by Gasteiger charge is -2.14. The van der Waals surface area contributed by atoms with E-state index in [2.05, 4.69) is 17.8 Å². The maximum absolute atomic E-state index is 11.6. The summed E-state index contributed by atoms with van der Waals surface area (Å²) < 4.78 is 2.35. The molecule has 4 nitrogen and oxygen atoms in total. The fourth-order valence-corrected chi connectivity index (χ4v) is 1.80. The monoisotopic (exact) mass is 256 g/mol. The fraction of sp³-hybridized carbons (Fsp3) is 0.300. The van der Waals surface area contributed by atoms with E-state index in [1.807, 2.05) is 24.3 Å². The Kier molecular flexibility index (Phi) is 3.46. The van der Waals surface area contributed by atoms with Crippen molar-refractivity contribution in [3.05, 3.63) is 39.8 Å². The van der Waals surface area contributed by atoms with Crippen molar-refractivity contribution in [3.8, 4) is 0 Å². The van der Waals surface area contributed by atoms with Crippen LogP contribution in [0.2, 0.25) is 5.02 Å². The van der Waals surface area contributed by atoms with E-state index >= 15 is 0 Å². The van der Waals surface area contributed by atoms with E-state index in [-0.39, 0.29) is 12.8 Å². The van der Waals surface area contributed by atoms with Crippen molar-refractivity contribution in [2.24, 2.45) is 4.99 Å². The van der Waals surface area contributed by atoms with Gasteiger partial charge in [-0.1, -0.05) is 36.5 Å². The molecule has 84 valence electrons. The largest absolute Gasteiger partial charge is 0.300 e. The first kappa shape index (κ1) is 11.4. The Morgan fingerprint density at radius 2 is 2.19 bits per heavy atom. The van der Waals surface area contributed by atoms with E-state index in [4.69, 9.17) is 11.6 Å². The van der Waals surface area contributed by atoms with Gasteiger partial charge in [-0.25, -0.2) is 9.30 Å². The molecule has 0 aromatic heterocycles. The van der Waals surface area contributed by atoms with Crippen LogP contribution in [0, 0.1) is 4.91 Å². The van der Waals surface area contributed by atoms with E-state index < -0.39 is 0 Å². The van der Waals surface area contributed by atoms with Crippen LogP contribution < -0.4 is 0 Å². The zero-order chi connectivity index (χ0) is 11.5. The van der Waals surface area contributed by atoms with Gasteiger partial charge in [0.25, 0.3) is 6.67 Å². The van der Waals surface area contributed by atoms with Gasteiger partial charge in [0.2, 0.25) is 0 Å². The number of benzene rings is 1. The molecule has 0 saturated carbocycles. The number of rotatable bonds is 2. The molecule has 1 atom stereocenters. The highest BCUT2D eigenvalue weighted by atomic mass is 35.5. The second kappa shape index (κ2) is 4.84. The van der Waals surface area contributed by atoms with E-state index in [9.17, 15) is 4.91 Å². The normalized spacial score (nSPS) is 20.2. The van der Waals surface area contributed by atoms with Crippen LogP contribution in [0.4, 0.5) is 0 Å². The molecular weight excluding hydrogens is 246 g/mol. The Morgan fingerprint density at radius 3 is 2.81 bits per heavy atom. The van der Waals surface area contributed by atoms with E-state index in [0.29, 0.717) is 11.4 Å². The first-order valence-electron chi connectivity index (χ1n) is 4.82. The molecule has 1 aromatic carbocycles. The molecule has 0 amide bonds. The lowest BCUT2D eigenvalue weighted by Crippen LogP contribution is -2.36. The predicted molar refractivity (Wildman–Crippen MR) is 66.8 cm³/mol. The Balaban J connectivity index is 2.07. The van der Waals surface area contributed by atoms with E-state index in [0.717, 1.165) is 10.3 Å². The van der Waals surface area contributed by atoms with Crippen LogP contribution in [0.3, 0.4) is 0 Å². The van der Waals surface area contributed by atoms with E-state index in [1.54, 1.807) is 6.34 Å². The van der Waals surface area contributed by atoms with Crippen LogP contribution in [-0.2, 0) is 6.42 Å². The Labute approximate surface area is 104 Å². The molecule has 0 fully saturated rings. The van der Waals surface area contributed by atoms with Crippen molar-refractivity contribution in [1.29, 1.82) is 0 Å². The molecule has 16 heavy (non-hydrogen) atoms. The summed E-state index contributed by atoms with van der Waals surface area (Å²) in [7, 11) is 0. The summed E-state index contributed by atoms with van der Waals surface area (Å²) >= 11 is 9.81. The molecule has 1 unspecified atom stereocenters. The molecular formula is C10H11ClN3OS+. The summed E-state index contributed by atoms with van der Waals surface area (Å²) in [6.07, 6.45) is 1.78. The summed E-state index contributed by atoms with van der Waals surface area (Å²) in [5.74, 6) is 0. The van der Waals surface area contributed by atoms with Crippen LogP contribution >= 0.6 is 24.4 Å². The number of hydrogen-bond donors (Lipinski definition) is 1. The average molecular weight is 257 g/mol. The van der Waals surface area contributed by atoms with Crippen molar-refractivity contribution in [3.63, 3.8) is 0 Å². The maximum Gasteiger partial charge on any atom is 0.300 e. The summed E-state index contributed by atoms with van der Waals surface area (Å²) in [4.78, 5) is 15.7. The van der Waals surface area contributed by atoms with Crippen molar-refractivity contribution >= 4 is 30.8 Å². The summed E-state index contributed by atoms with van der Waals surface area (Å²) in [5.41, 5.74) is 1.04. The van der Waals surface area contributed by atoms with Gasteiger partial charge in [0.05, 0.1) is 6.42 Å². The third-order valence-corrected chi connectivity index (χ3v) is 2.80. The van der Waals surface area contributed by atoms with Gasteiger partial charge in [-0.05, 0) is 17.7 Å². The SMILES string of the molecule is O=[N+]1CN(S)C=NC1Cc1ccc(Cl)cc1. The second-order valence-electron chi connectivity index (χ2n) is 3.57. The van der Waals surface area contributed by atoms with Crippen LogP contribution in [0.15, 0.2) is 29.3 Å². The number of hydrogen-bond acceptors (Lipinski definition) is 4. The van der Waals surface area contributed by atoms with Gasteiger partial charge in [-0.15, -0.1) is 0 Å². The number of nitroso groups, excluding NO2 is 1. The topological polar surface area (TPSA) is 35.7 Å². The molecule has 0 saturated heterocycles. The standard InChI is InChI=1S/C10H11ClN3OS/c11-9-3-1-8(2-4-9)5-10-12-6-13(16)7-14(10)15/h1-4,6,10,16H,5,7H2/q+1. The molecule has 0 N–H and O–H groups in total. The van der Waals surface area contributed by atoms with Gasteiger partial charge in [0, 0.05) is 14.7 Å². The smallest absolute Gasteiger partial charge is 0.248 e. The molecule has 0 spiro atoms. The third-order valence-electron chi connectivity index (χ3n) is 2.32. The minimum Gasteiger partial charge on any atom is -0.248 e. The molecule has 0 radical (unpaired) electrons. The average Bonchev–Trinajstić information content (AvgIpc) is 2.25. The minimum absolute atomic E-state index is 0.227. The molecule has 1 heterocycles. The van der Waals surface area contributed by atoms with Crippen LogP contribution in [0.25, 0.3) is 0 Å². The van der Waals surface area contributed by atoms with Gasteiger partial charge in [-0.3, -0.25) is 0 Å². The lowest BCUT2D eigenvalue weighted by atomic mass is 10.1. The van der Waals surface area contributed by atoms with Crippen molar-refractivity contribution in [2.75, 3.05) is 6.67 Å². The highest BCUT2D eigenvalue weighted by Crippen LogP contribution is 2.14. The summed E-state index contributed by atoms with van der Waals surface area (Å²) in [6, 6.07) is 7.42. The quantitative estimate of drug-likeness (QED) is 0.650. The maximum atomic E-state index is 11.6. The Bertz CT molecular complexity index is 421. The van der Waals surface area contributed by atoms with Crippen LogP contribution in [0.5, 0.6) is 0 Å². The fourth-order valence-electron chi connectivity index (χ4n) is 1.49. The van der Waals surface area contributed by atoms with Gasteiger partial charge in [0.15, 0.2) is 0 Å². The van der Waals surface area contributed by atoms with Crippen LogP contribution in [0.1, 0.15) is 5.56 Å². The molecule has 1 aromatic rings. The first-order chi connectivity index (χ1) is 7.65. The zero-order valence-corrected chi connectivity index (χ0v) is 10.1. The predicted octanol–water partition coefficient (Wildman–Crippen LogP) is 2.13. The molecule has 1 aliphatic heterocycles. The number of aliphatic imine (C=N–C) groups is 1. The zero-order valence-electron chi connectivity index (χ0n) is 8.45. The summed E-state index contributed by atoms with van der Waals surface area (Å²) in [5, 5.41) is 0.691. The first-order valence-corrected chi connectivity index (χ1v) is 5.60. The van der Waals surface area contributed by atoms with Crippen molar-refractivity contribution < 1.29 is 4.76 Å².